The predicted molar refractivity (Wildman–Crippen MR) is 83.7 cm³/mol. The van der Waals surface area contributed by atoms with Crippen LogP contribution in [0.4, 0.5) is 5.69 Å². The van der Waals surface area contributed by atoms with E-state index in [4.69, 9.17) is 29.6 Å². The molecular weight excluding hydrogens is 278 g/mol. The number of benzene rings is 1. The van der Waals surface area contributed by atoms with Gasteiger partial charge in [-0.2, -0.15) is 0 Å². The minimum Gasteiger partial charge on any atom is -0.388 e. The van der Waals surface area contributed by atoms with Crippen molar-refractivity contribution in [2.75, 3.05) is 11.9 Å². The second-order valence-corrected chi connectivity index (χ2v) is 5.03. The van der Waals surface area contributed by atoms with Crippen LogP contribution < -0.4 is 10.6 Å². The molecule has 0 atom stereocenters. The van der Waals surface area contributed by atoms with E-state index in [2.05, 4.69) is 4.98 Å². The average molecular weight is 292 g/mol. The average Bonchev–Trinajstić information content (AvgIpc) is 2.41. The highest BCUT2D eigenvalue weighted by molar-refractivity contribution is 7.80. The summed E-state index contributed by atoms with van der Waals surface area (Å²) >= 11 is 11.2. The van der Waals surface area contributed by atoms with E-state index in [1.54, 1.807) is 6.20 Å². The van der Waals surface area contributed by atoms with Crippen molar-refractivity contribution in [3.63, 3.8) is 0 Å². The Morgan fingerprint density at radius 1 is 1.32 bits per heavy atom. The van der Waals surface area contributed by atoms with Gasteiger partial charge in [-0.05, 0) is 23.8 Å². The molecule has 0 aliphatic carbocycles. The number of nitrogens with two attached hydrogens (primary N) is 1. The van der Waals surface area contributed by atoms with Gasteiger partial charge in [-0.1, -0.05) is 42.0 Å². The lowest BCUT2D eigenvalue weighted by atomic mass is 10.2. The largest absolute Gasteiger partial charge is 0.388 e. The number of aromatic nitrogens is 1. The van der Waals surface area contributed by atoms with E-state index in [1.807, 2.05) is 48.3 Å². The molecule has 0 bridgehead atoms. The maximum Gasteiger partial charge on any atom is 0.124 e. The minimum absolute atomic E-state index is 0.293. The molecule has 0 fully saturated rings. The second kappa shape index (κ2) is 5.99. The van der Waals surface area contributed by atoms with Gasteiger partial charge in [0.1, 0.15) is 10.7 Å². The Balaban J connectivity index is 2.28. The number of hydrogen-bond donors (Lipinski definition) is 1. The van der Waals surface area contributed by atoms with Gasteiger partial charge in [0.2, 0.25) is 0 Å². The van der Waals surface area contributed by atoms with Gasteiger partial charge in [-0.15, -0.1) is 0 Å². The zero-order valence-electron chi connectivity index (χ0n) is 10.5. The number of halogens is 1. The molecule has 3 nitrogen and oxygen atoms in total. The van der Waals surface area contributed by atoms with Crippen LogP contribution in [0.1, 0.15) is 11.3 Å². The van der Waals surface area contributed by atoms with Crippen LogP contribution in [0, 0.1) is 0 Å². The molecule has 0 aliphatic heterocycles. The Bertz CT molecular complexity index is 601. The van der Waals surface area contributed by atoms with E-state index in [9.17, 15) is 0 Å². The van der Waals surface area contributed by atoms with E-state index in [-0.39, 0.29) is 0 Å². The monoisotopic (exact) mass is 291 g/mol. The Labute approximate surface area is 123 Å². The number of thiocarbonyl (C=S) groups is 1. The summed E-state index contributed by atoms with van der Waals surface area (Å²) in [6, 6.07) is 11.6. The fraction of sp³-hybridized carbons (Fsp3) is 0.143. The zero-order valence-corrected chi connectivity index (χ0v) is 12.1. The lowest BCUT2D eigenvalue weighted by molar-refractivity contribution is 0.916. The van der Waals surface area contributed by atoms with Crippen LogP contribution in [0.25, 0.3) is 0 Å². The highest BCUT2D eigenvalue weighted by Gasteiger charge is 2.11. The summed E-state index contributed by atoms with van der Waals surface area (Å²) < 4.78 is 0. The standard InChI is InChI=1S/C14H14ClN3S/c1-18(9-10-5-2-3-6-11(10)15)12-7-4-8-17-13(12)14(16)19/h2-8H,9H2,1H3,(H2,16,19). The molecule has 2 aromatic rings. The predicted octanol–water partition coefficient (Wildman–Crippen LogP) is 3.01. The number of nitrogens with zero attached hydrogens (tertiary/aromatic N) is 2. The summed E-state index contributed by atoms with van der Waals surface area (Å²) in [6.45, 7) is 0.668. The van der Waals surface area contributed by atoms with Crippen molar-refractivity contribution < 1.29 is 0 Å². The minimum atomic E-state index is 0.293. The van der Waals surface area contributed by atoms with Crippen LogP contribution in [0.2, 0.25) is 5.02 Å². The maximum atomic E-state index is 6.17. The van der Waals surface area contributed by atoms with Crippen molar-refractivity contribution in [1.29, 1.82) is 0 Å². The third-order valence-corrected chi connectivity index (χ3v) is 3.36. The summed E-state index contributed by atoms with van der Waals surface area (Å²) in [7, 11) is 1.96. The molecule has 1 heterocycles. The van der Waals surface area contributed by atoms with Crippen LogP contribution in [-0.4, -0.2) is 17.0 Å². The molecular formula is C14H14ClN3S. The Kier molecular flexibility index (Phi) is 4.35. The van der Waals surface area contributed by atoms with Gasteiger partial charge in [-0.3, -0.25) is 4.98 Å². The Hall–Kier alpha value is -1.65. The van der Waals surface area contributed by atoms with Gasteiger partial charge in [-0.25, -0.2) is 0 Å². The Morgan fingerprint density at radius 2 is 2.05 bits per heavy atom. The normalized spacial score (nSPS) is 10.2. The molecule has 0 saturated carbocycles. The van der Waals surface area contributed by atoms with Crippen LogP contribution in [0.15, 0.2) is 42.6 Å². The van der Waals surface area contributed by atoms with Gasteiger partial charge in [0.05, 0.1) is 5.69 Å². The lowest BCUT2D eigenvalue weighted by Crippen LogP contribution is -2.22. The first-order valence-electron chi connectivity index (χ1n) is 5.79. The van der Waals surface area contributed by atoms with E-state index >= 15 is 0 Å². The van der Waals surface area contributed by atoms with Crippen LogP contribution in [-0.2, 0) is 6.54 Å². The molecule has 1 aromatic carbocycles. The molecule has 0 unspecified atom stereocenters. The highest BCUT2D eigenvalue weighted by Crippen LogP contribution is 2.22. The molecule has 0 radical (unpaired) electrons. The molecule has 2 rings (SSSR count). The second-order valence-electron chi connectivity index (χ2n) is 4.18. The van der Waals surface area contributed by atoms with Crippen molar-refractivity contribution in [2.24, 2.45) is 5.73 Å². The van der Waals surface area contributed by atoms with Crippen LogP contribution in [0.5, 0.6) is 0 Å². The molecule has 0 amide bonds. The quantitative estimate of drug-likeness (QED) is 0.880. The first-order valence-corrected chi connectivity index (χ1v) is 6.57. The summed E-state index contributed by atoms with van der Waals surface area (Å²) in [6.07, 6.45) is 1.68. The molecule has 0 spiro atoms. The van der Waals surface area contributed by atoms with Crippen molar-refractivity contribution in [3.05, 3.63) is 58.9 Å². The lowest BCUT2D eigenvalue weighted by Gasteiger charge is -2.22. The van der Waals surface area contributed by atoms with E-state index in [0.717, 1.165) is 16.3 Å². The maximum absolute atomic E-state index is 6.17. The van der Waals surface area contributed by atoms with E-state index in [1.165, 1.54) is 0 Å². The third kappa shape index (κ3) is 3.22. The molecule has 0 saturated heterocycles. The Morgan fingerprint density at radius 3 is 2.74 bits per heavy atom. The summed E-state index contributed by atoms with van der Waals surface area (Å²) in [5.41, 5.74) is 8.27. The first-order chi connectivity index (χ1) is 9.09. The fourth-order valence-electron chi connectivity index (χ4n) is 1.86. The molecule has 5 heteroatoms. The smallest absolute Gasteiger partial charge is 0.124 e. The fourth-order valence-corrected chi connectivity index (χ4v) is 2.21. The van der Waals surface area contributed by atoms with Crippen LogP contribution >= 0.6 is 23.8 Å². The van der Waals surface area contributed by atoms with Gasteiger partial charge < -0.3 is 10.6 Å². The number of hydrogen-bond acceptors (Lipinski definition) is 3. The van der Waals surface area contributed by atoms with Crippen LogP contribution in [0.3, 0.4) is 0 Å². The highest BCUT2D eigenvalue weighted by atomic mass is 35.5. The number of pyridine rings is 1. The first kappa shape index (κ1) is 13.8. The molecule has 0 aliphatic rings. The van der Waals surface area contributed by atoms with Crippen molar-refractivity contribution in [1.82, 2.24) is 4.98 Å². The summed E-state index contributed by atoms with van der Waals surface area (Å²) in [5.74, 6) is 0. The number of anilines is 1. The molecule has 2 N–H and O–H groups in total. The van der Waals surface area contributed by atoms with E-state index < -0.39 is 0 Å². The summed E-state index contributed by atoms with van der Waals surface area (Å²) in [4.78, 5) is 6.55. The number of rotatable bonds is 4. The molecule has 98 valence electrons. The van der Waals surface area contributed by atoms with Crippen molar-refractivity contribution in [2.45, 2.75) is 6.54 Å². The third-order valence-electron chi connectivity index (χ3n) is 2.80. The van der Waals surface area contributed by atoms with Crippen molar-refractivity contribution >= 4 is 34.5 Å². The zero-order chi connectivity index (χ0) is 13.8. The van der Waals surface area contributed by atoms with Gasteiger partial charge in [0.15, 0.2) is 0 Å². The van der Waals surface area contributed by atoms with Gasteiger partial charge in [0, 0.05) is 24.8 Å². The molecule has 1 aromatic heterocycles. The van der Waals surface area contributed by atoms with Gasteiger partial charge in [0.25, 0.3) is 0 Å². The topological polar surface area (TPSA) is 42.2 Å². The van der Waals surface area contributed by atoms with E-state index in [0.29, 0.717) is 17.2 Å². The van der Waals surface area contributed by atoms with Gasteiger partial charge >= 0.3 is 0 Å². The van der Waals surface area contributed by atoms with Crippen molar-refractivity contribution in [3.8, 4) is 0 Å². The summed E-state index contributed by atoms with van der Waals surface area (Å²) in [5, 5.41) is 0.745. The SMILES string of the molecule is CN(Cc1ccccc1Cl)c1cccnc1C(N)=S. The molecule has 19 heavy (non-hydrogen) atoms.